The zero-order valence-electron chi connectivity index (χ0n) is 17.9. The molecule has 28 heavy (non-hydrogen) atoms. The highest BCUT2D eigenvalue weighted by Gasteiger charge is 2.20. The molecule has 0 radical (unpaired) electrons. The summed E-state index contributed by atoms with van der Waals surface area (Å²) in [4.78, 5) is 7.37. The van der Waals surface area contributed by atoms with Crippen molar-refractivity contribution in [3.8, 4) is 0 Å². The number of aliphatic imine (C=N–C) groups is 1. The fraction of sp³-hybridized carbons (Fsp3) is 0.842. The molecule has 9 heteroatoms. The first-order valence-electron chi connectivity index (χ1n) is 10.3. The lowest BCUT2D eigenvalue weighted by atomic mass is 10.0. The Hall–Kier alpha value is -0.550. The maximum absolute atomic E-state index is 4.73. The quantitative estimate of drug-likeness (QED) is 0.213. The van der Waals surface area contributed by atoms with Gasteiger partial charge in [-0.3, -0.25) is 4.90 Å². The van der Waals surface area contributed by atoms with Crippen LogP contribution in [0.1, 0.15) is 50.7 Å². The zero-order valence-corrected chi connectivity index (χ0v) is 21.1. The van der Waals surface area contributed by atoms with Crippen molar-refractivity contribution < 1.29 is 0 Å². The van der Waals surface area contributed by atoms with Gasteiger partial charge in [-0.1, -0.05) is 13.3 Å². The molecule has 1 aromatic rings. The van der Waals surface area contributed by atoms with E-state index in [0.29, 0.717) is 6.54 Å². The molecule has 0 bridgehead atoms. The van der Waals surface area contributed by atoms with Crippen LogP contribution >= 0.6 is 35.7 Å². The summed E-state index contributed by atoms with van der Waals surface area (Å²) >= 11 is 1.88. The molecular weight excluding hydrogens is 485 g/mol. The minimum Gasteiger partial charge on any atom is -0.356 e. The number of nitrogens with zero attached hydrogens (tertiary/aromatic N) is 5. The van der Waals surface area contributed by atoms with Crippen LogP contribution in [0.3, 0.4) is 0 Å². The number of aromatic nitrogens is 3. The number of hydrogen-bond donors (Lipinski definition) is 2. The number of piperidine rings is 1. The van der Waals surface area contributed by atoms with Gasteiger partial charge in [0, 0.05) is 32.7 Å². The SMILES string of the molecule is CCC1CCCCN1CCNC(=NCc1nnc(C)n1C)NCCCSC.I. The summed E-state index contributed by atoms with van der Waals surface area (Å²) < 4.78 is 1.99. The van der Waals surface area contributed by atoms with Crippen molar-refractivity contribution in [1.29, 1.82) is 0 Å². The number of halogens is 1. The molecule has 1 atom stereocenters. The fourth-order valence-electron chi connectivity index (χ4n) is 3.47. The number of thioether (sulfide) groups is 1. The molecule has 7 nitrogen and oxygen atoms in total. The normalized spacial score (nSPS) is 18.0. The molecule has 0 aliphatic carbocycles. The van der Waals surface area contributed by atoms with Crippen molar-refractivity contribution in [2.24, 2.45) is 12.0 Å². The lowest BCUT2D eigenvalue weighted by Crippen LogP contribution is -2.46. The maximum atomic E-state index is 4.73. The fourth-order valence-corrected chi connectivity index (χ4v) is 3.90. The number of hydrogen-bond acceptors (Lipinski definition) is 5. The summed E-state index contributed by atoms with van der Waals surface area (Å²) in [6.07, 6.45) is 8.58. The van der Waals surface area contributed by atoms with Crippen LogP contribution in [0, 0.1) is 6.92 Å². The van der Waals surface area contributed by atoms with Gasteiger partial charge in [-0.15, -0.1) is 34.2 Å². The van der Waals surface area contributed by atoms with E-state index in [-0.39, 0.29) is 24.0 Å². The smallest absolute Gasteiger partial charge is 0.191 e. The van der Waals surface area contributed by atoms with E-state index in [1.54, 1.807) is 0 Å². The Bertz CT molecular complexity index is 579. The maximum Gasteiger partial charge on any atom is 0.191 e. The molecule has 2 rings (SSSR count). The first-order valence-corrected chi connectivity index (χ1v) is 11.6. The van der Waals surface area contributed by atoms with Crippen molar-refractivity contribution in [3.05, 3.63) is 11.6 Å². The average molecular weight is 524 g/mol. The Balaban J connectivity index is 0.00000392. The summed E-state index contributed by atoms with van der Waals surface area (Å²) in [6.45, 7) is 8.96. The van der Waals surface area contributed by atoms with Crippen LogP contribution < -0.4 is 10.6 Å². The Kier molecular flexibility index (Phi) is 13.1. The summed E-state index contributed by atoms with van der Waals surface area (Å²) in [6, 6.07) is 0.747. The van der Waals surface area contributed by atoms with Crippen LogP contribution in [0.25, 0.3) is 0 Å². The Labute approximate surface area is 191 Å². The van der Waals surface area contributed by atoms with E-state index in [2.05, 4.69) is 38.9 Å². The van der Waals surface area contributed by atoms with E-state index in [1.807, 2.05) is 30.3 Å². The summed E-state index contributed by atoms with van der Waals surface area (Å²) in [5, 5.41) is 15.3. The summed E-state index contributed by atoms with van der Waals surface area (Å²) in [5.41, 5.74) is 0. The third kappa shape index (κ3) is 8.44. The number of guanidine groups is 1. The van der Waals surface area contributed by atoms with Crippen molar-refractivity contribution >= 4 is 41.7 Å². The molecule has 1 saturated heterocycles. The molecule has 1 aliphatic heterocycles. The van der Waals surface area contributed by atoms with Crippen molar-refractivity contribution in [2.75, 3.05) is 38.2 Å². The minimum absolute atomic E-state index is 0. The summed E-state index contributed by atoms with van der Waals surface area (Å²) in [7, 11) is 1.99. The second-order valence-corrected chi connectivity index (χ2v) is 8.17. The standard InChI is InChI=1S/C19H37N7S.HI/c1-5-17-9-6-7-12-26(17)13-11-21-19(20-10-8-14-27-4)22-15-18-24-23-16(2)25(18)3;/h17H,5-15H2,1-4H3,(H2,20,21,22);1H. The van der Waals surface area contributed by atoms with E-state index in [1.165, 1.54) is 32.2 Å². The molecule has 1 unspecified atom stereocenters. The van der Waals surface area contributed by atoms with Gasteiger partial charge in [-0.25, -0.2) is 4.99 Å². The number of likely N-dealkylation sites (tertiary alicyclic amines) is 1. The Morgan fingerprint density at radius 1 is 1.25 bits per heavy atom. The molecule has 2 N–H and O–H groups in total. The van der Waals surface area contributed by atoms with Gasteiger partial charge in [0.2, 0.25) is 0 Å². The summed E-state index contributed by atoms with van der Waals surface area (Å²) in [5.74, 6) is 3.84. The number of aryl methyl sites for hydroxylation is 1. The molecule has 0 saturated carbocycles. The van der Waals surface area contributed by atoms with E-state index in [0.717, 1.165) is 55.5 Å². The van der Waals surface area contributed by atoms with Gasteiger partial charge >= 0.3 is 0 Å². The highest BCUT2D eigenvalue weighted by Crippen LogP contribution is 2.18. The van der Waals surface area contributed by atoms with Gasteiger partial charge in [0.05, 0.1) is 0 Å². The van der Waals surface area contributed by atoms with Crippen LogP contribution in [0.4, 0.5) is 0 Å². The van der Waals surface area contributed by atoms with E-state index < -0.39 is 0 Å². The molecule has 162 valence electrons. The molecule has 2 heterocycles. The number of rotatable bonds is 10. The van der Waals surface area contributed by atoms with Crippen molar-refractivity contribution in [3.63, 3.8) is 0 Å². The minimum atomic E-state index is 0. The topological polar surface area (TPSA) is 70.4 Å². The van der Waals surface area contributed by atoms with Crippen molar-refractivity contribution in [2.45, 2.75) is 58.5 Å². The molecular formula is C19H38IN7S. The van der Waals surface area contributed by atoms with E-state index in [4.69, 9.17) is 4.99 Å². The monoisotopic (exact) mass is 523 g/mol. The molecule has 1 fully saturated rings. The molecule has 0 aromatic carbocycles. The average Bonchev–Trinajstić information content (AvgIpc) is 3.01. The van der Waals surface area contributed by atoms with Crippen LogP contribution in [0.15, 0.2) is 4.99 Å². The van der Waals surface area contributed by atoms with Crippen LogP contribution in [-0.4, -0.2) is 69.9 Å². The zero-order chi connectivity index (χ0) is 19.5. The number of nitrogens with one attached hydrogen (secondary N) is 2. The predicted octanol–water partition coefficient (Wildman–Crippen LogP) is 2.79. The molecule has 1 aliphatic rings. The Morgan fingerprint density at radius 2 is 2.04 bits per heavy atom. The largest absolute Gasteiger partial charge is 0.356 e. The van der Waals surface area contributed by atoms with Crippen LogP contribution in [0.2, 0.25) is 0 Å². The lowest BCUT2D eigenvalue weighted by Gasteiger charge is -2.35. The van der Waals surface area contributed by atoms with Gasteiger partial charge < -0.3 is 15.2 Å². The predicted molar refractivity (Wildman–Crippen MR) is 131 cm³/mol. The van der Waals surface area contributed by atoms with Crippen LogP contribution in [0.5, 0.6) is 0 Å². The van der Waals surface area contributed by atoms with Gasteiger partial charge in [0.15, 0.2) is 11.8 Å². The first kappa shape index (κ1) is 25.5. The van der Waals surface area contributed by atoms with E-state index >= 15 is 0 Å². The highest BCUT2D eigenvalue weighted by atomic mass is 127. The molecule has 0 amide bonds. The van der Waals surface area contributed by atoms with E-state index in [9.17, 15) is 0 Å². The van der Waals surface area contributed by atoms with Gasteiger partial charge in [0.1, 0.15) is 12.4 Å². The second kappa shape index (κ2) is 14.4. The highest BCUT2D eigenvalue weighted by molar-refractivity contribution is 14.0. The van der Waals surface area contributed by atoms with Gasteiger partial charge in [-0.2, -0.15) is 11.8 Å². The third-order valence-corrected chi connectivity index (χ3v) is 5.99. The lowest BCUT2D eigenvalue weighted by molar-refractivity contribution is 0.147. The van der Waals surface area contributed by atoms with Gasteiger partial charge in [0.25, 0.3) is 0 Å². The molecule has 1 aromatic heterocycles. The first-order chi connectivity index (χ1) is 13.2. The Morgan fingerprint density at radius 3 is 2.71 bits per heavy atom. The van der Waals surface area contributed by atoms with Crippen molar-refractivity contribution in [1.82, 2.24) is 30.3 Å². The van der Waals surface area contributed by atoms with Gasteiger partial charge in [-0.05, 0) is 51.2 Å². The van der Waals surface area contributed by atoms with Crippen LogP contribution in [-0.2, 0) is 13.6 Å². The second-order valence-electron chi connectivity index (χ2n) is 7.18. The molecule has 0 spiro atoms. The third-order valence-electron chi connectivity index (χ3n) is 5.29.